The van der Waals surface area contributed by atoms with Gasteiger partial charge in [-0.3, -0.25) is 14.4 Å². The van der Waals surface area contributed by atoms with Gasteiger partial charge in [0.25, 0.3) is 0 Å². The van der Waals surface area contributed by atoms with Crippen LogP contribution in [0, 0.1) is 6.92 Å². The molecular formula is C25H29F2N3O5. The van der Waals surface area contributed by atoms with Crippen LogP contribution in [0.3, 0.4) is 0 Å². The lowest BCUT2D eigenvalue weighted by Gasteiger charge is -2.50. The van der Waals surface area contributed by atoms with Crippen LogP contribution >= 0.6 is 0 Å². The summed E-state index contributed by atoms with van der Waals surface area (Å²) in [6, 6.07) is 10.5. The molecule has 0 saturated carbocycles. The number of hydrogen-bond donors (Lipinski definition) is 2. The molecule has 35 heavy (non-hydrogen) atoms. The number of likely N-dealkylation sites (tertiary alicyclic amines) is 1. The van der Waals surface area contributed by atoms with E-state index in [9.17, 15) is 23.2 Å². The lowest BCUT2D eigenvalue weighted by Crippen LogP contribution is -2.66. The van der Waals surface area contributed by atoms with Gasteiger partial charge in [-0.25, -0.2) is 4.98 Å². The van der Waals surface area contributed by atoms with E-state index >= 15 is 0 Å². The van der Waals surface area contributed by atoms with Crippen LogP contribution in [0.25, 0.3) is 0 Å². The van der Waals surface area contributed by atoms with E-state index in [0.717, 1.165) is 11.1 Å². The van der Waals surface area contributed by atoms with Gasteiger partial charge in [0.2, 0.25) is 17.7 Å². The van der Waals surface area contributed by atoms with Crippen molar-refractivity contribution in [1.29, 1.82) is 0 Å². The number of anilines is 1. The zero-order valence-corrected chi connectivity index (χ0v) is 19.9. The Balaban J connectivity index is 1.91. The Morgan fingerprint density at radius 2 is 1.83 bits per heavy atom. The Morgan fingerprint density at radius 1 is 1.14 bits per heavy atom. The van der Waals surface area contributed by atoms with E-state index in [0.29, 0.717) is 5.69 Å². The Kier molecular flexibility index (Phi) is 8.03. The van der Waals surface area contributed by atoms with Crippen molar-refractivity contribution in [2.75, 3.05) is 18.4 Å². The summed E-state index contributed by atoms with van der Waals surface area (Å²) in [4.78, 5) is 42.6. The summed E-state index contributed by atoms with van der Waals surface area (Å²) in [7, 11) is 0. The molecule has 10 heteroatoms. The first-order valence-electron chi connectivity index (χ1n) is 11.4. The number of nitrogens with zero attached hydrogens (tertiary/aromatic N) is 2. The van der Waals surface area contributed by atoms with E-state index in [-0.39, 0.29) is 55.7 Å². The predicted molar refractivity (Wildman–Crippen MR) is 125 cm³/mol. The number of aliphatic carboxylic acids is 1. The van der Waals surface area contributed by atoms with Gasteiger partial charge in [0.05, 0.1) is 0 Å². The standard InChI is InChI=1S/C25H29F2N3O5/c1-15(2)17-7-4-5-8-18(17)25(13-30(14-25)20(31)9-6-10-21(32)33)23(34)29-19-12-11-16(3)28-22(19)35-24(26)27/h4-5,7-8,11-12,15,24H,6,9-10,13-14H2,1-3H3,(H,29,34)(H,32,33). The second kappa shape index (κ2) is 10.8. The van der Waals surface area contributed by atoms with Gasteiger partial charge >= 0.3 is 12.6 Å². The van der Waals surface area contributed by atoms with Crippen molar-refractivity contribution in [1.82, 2.24) is 9.88 Å². The third-order valence-electron chi connectivity index (χ3n) is 6.04. The fourth-order valence-electron chi connectivity index (χ4n) is 4.25. The molecule has 0 unspecified atom stereocenters. The minimum Gasteiger partial charge on any atom is -0.481 e. The average Bonchev–Trinajstić information content (AvgIpc) is 2.74. The molecule has 0 aliphatic carbocycles. The number of carbonyl (C=O) groups is 3. The summed E-state index contributed by atoms with van der Waals surface area (Å²) < 4.78 is 30.4. The fraction of sp³-hybridized carbons (Fsp3) is 0.440. The molecule has 1 aliphatic heterocycles. The lowest BCUT2D eigenvalue weighted by atomic mass is 9.69. The number of nitrogens with one attached hydrogen (secondary N) is 1. The molecule has 2 amide bonds. The SMILES string of the molecule is Cc1ccc(NC(=O)C2(c3ccccc3C(C)C)CN(C(=O)CCCC(=O)O)C2)c(OC(F)F)n1. The monoisotopic (exact) mass is 489 g/mol. The van der Waals surface area contributed by atoms with Gasteiger partial charge in [-0.2, -0.15) is 8.78 Å². The summed E-state index contributed by atoms with van der Waals surface area (Å²) >= 11 is 0. The van der Waals surface area contributed by atoms with Crippen LogP contribution in [0.15, 0.2) is 36.4 Å². The van der Waals surface area contributed by atoms with E-state index in [4.69, 9.17) is 5.11 Å². The van der Waals surface area contributed by atoms with Gasteiger partial charge in [-0.05, 0) is 42.5 Å². The maximum atomic E-state index is 13.7. The van der Waals surface area contributed by atoms with E-state index < -0.39 is 23.9 Å². The van der Waals surface area contributed by atoms with Crippen molar-refractivity contribution in [3.63, 3.8) is 0 Å². The minimum atomic E-state index is -3.11. The van der Waals surface area contributed by atoms with E-state index in [1.54, 1.807) is 13.0 Å². The fourth-order valence-corrected chi connectivity index (χ4v) is 4.25. The maximum Gasteiger partial charge on any atom is 0.388 e. The molecule has 188 valence electrons. The number of carboxylic acid groups (broad SMARTS) is 1. The molecule has 2 aromatic rings. The second-order valence-electron chi connectivity index (χ2n) is 8.96. The number of carbonyl (C=O) groups excluding carboxylic acids is 2. The average molecular weight is 490 g/mol. The molecule has 1 aromatic heterocycles. The molecule has 0 spiro atoms. The first kappa shape index (κ1) is 26.1. The predicted octanol–water partition coefficient (Wildman–Crippen LogP) is 4.09. The third kappa shape index (κ3) is 5.93. The van der Waals surface area contributed by atoms with Crippen molar-refractivity contribution in [3.05, 3.63) is 53.2 Å². The zero-order valence-electron chi connectivity index (χ0n) is 19.9. The van der Waals surface area contributed by atoms with Crippen LogP contribution in [0.2, 0.25) is 0 Å². The van der Waals surface area contributed by atoms with Gasteiger partial charge in [0.15, 0.2) is 0 Å². The summed E-state index contributed by atoms with van der Waals surface area (Å²) in [6.07, 6.45) is 0.147. The first-order chi connectivity index (χ1) is 16.5. The Morgan fingerprint density at radius 3 is 2.46 bits per heavy atom. The Hall–Kier alpha value is -3.56. The van der Waals surface area contributed by atoms with Crippen LogP contribution in [0.4, 0.5) is 14.5 Å². The second-order valence-corrected chi connectivity index (χ2v) is 8.96. The molecule has 0 bridgehead atoms. The van der Waals surface area contributed by atoms with Crippen LogP contribution in [0.5, 0.6) is 5.88 Å². The smallest absolute Gasteiger partial charge is 0.388 e. The molecule has 1 aromatic carbocycles. The van der Waals surface area contributed by atoms with Crippen molar-refractivity contribution >= 4 is 23.5 Å². The van der Waals surface area contributed by atoms with Crippen molar-refractivity contribution in [3.8, 4) is 5.88 Å². The molecule has 2 N–H and O–H groups in total. The summed E-state index contributed by atoms with van der Waals surface area (Å²) in [6.45, 7) is 2.66. The highest BCUT2D eigenvalue weighted by atomic mass is 19.3. The van der Waals surface area contributed by atoms with Gasteiger partial charge < -0.3 is 20.1 Å². The molecule has 1 fully saturated rings. The first-order valence-corrected chi connectivity index (χ1v) is 11.4. The van der Waals surface area contributed by atoms with Crippen LogP contribution in [-0.4, -0.2) is 52.5 Å². The van der Waals surface area contributed by atoms with E-state index in [1.807, 2.05) is 38.1 Å². The van der Waals surface area contributed by atoms with Crippen molar-refractivity contribution < 1.29 is 33.0 Å². The molecule has 1 aliphatic rings. The number of aromatic nitrogens is 1. The summed E-state index contributed by atoms with van der Waals surface area (Å²) in [5.41, 5.74) is 1.02. The normalized spacial score (nSPS) is 14.5. The number of hydrogen-bond acceptors (Lipinski definition) is 5. The van der Waals surface area contributed by atoms with Crippen molar-refractivity contribution in [2.45, 2.75) is 58.0 Å². The van der Waals surface area contributed by atoms with Gasteiger partial charge in [-0.1, -0.05) is 38.1 Å². The number of aryl methyl sites for hydroxylation is 1. The molecule has 0 radical (unpaired) electrons. The molecular weight excluding hydrogens is 460 g/mol. The molecule has 0 atom stereocenters. The number of amides is 2. The number of halogens is 2. The minimum absolute atomic E-state index is 0.00791. The van der Waals surface area contributed by atoms with E-state index in [1.165, 1.54) is 11.0 Å². The van der Waals surface area contributed by atoms with Gasteiger partial charge in [0, 0.05) is 31.6 Å². The van der Waals surface area contributed by atoms with Crippen LogP contribution in [0.1, 0.15) is 55.8 Å². The Labute approximate surface area is 202 Å². The quantitative estimate of drug-likeness (QED) is 0.520. The highest BCUT2D eigenvalue weighted by molar-refractivity contribution is 6.02. The molecule has 8 nitrogen and oxygen atoms in total. The molecule has 3 rings (SSSR count). The maximum absolute atomic E-state index is 13.7. The topological polar surface area (TPSA) is 109 Å². The largest absolute Gasteiger partial charge is 0.481 e. The lowest BCUT2D eigenvalue weighted by molar-refractivity contribution is -0.144. The highest BCUT2D eigenvalue weighted by Crippen LogP contribution is 2.41. The zero-order chi connectivity index (χ0) is 25.8. The molecule has 2 heterocycles. The highest BCUT2D eigenvalue weighted by Gasteiger charge is 2.53. The van der Waals surface area contributed by atoms with E-state index in [2.05, 4.69) is 15.0 Å². The van der Waals surface area contributed by atoms with Gasteiger partial charge in [0.1, 0.15) is 11.1 Å². The number of rotatable bonds is 10. The summed E-state index contributed by atoms with van der Waals surface area (Å²) in [5.74, 6) is -1.98. The number of pyridine rings is 1. The molecule has 1 saturated heterocycles. The van der Waals surface area contributed by atoms with Crippen LogP contribution < -0.4 is 10.1 Å². The number of carboxylic acids is 1. The van der Waals surface area contributed by atoms with Gasteiger partial charge in [-0.15, -0.1) is 0 Å². The van der Waals surface area contributed by atoms with Crippen molar-refractivity contribution in [2.24, 2.45) is 0 Å². The van der Waals surface area contributed by atoms with Crippen LogP contribution in [-0.2, 0) is 19.8 Å². The number of alkyl halides is 2. The Bertz CT molecular complexity index is 1100. The number of benzene rings is 1. The third-order valence-corrected chi connectivity index (χ3v) is 6.04. The summed E-state index contributed by atoms with van der Waals surface area (Å²) in [5, 5.41) is 11.5. The number of ether oxygens (including phenoxy) is 1.